The lowest BCUT2D eigenvalue weighted by Crippen LogP contribution is -2.51. The SMILES string of the molecule is COC(=O)[C@H](Cc1ccc(O)c([N+](=O)[O-])c1)NC(=O)CCC(=O)O[C@@H]1CC[C@@H]2[C@@H]3CCC4=CC(=O)CC[C@]4(C)[C@H]3CC[C@@]21C. The van der Waals surface area contributed by atoms with Gasteiger partial charge in [0.1, 0.15) is 12.1 Å². The molecular formula is C33H42N2O9. The van der Waals surface area contributed by atoms with Crippen LogP contribution in [0.4, 0.5) is 5.69 Å². The molecule has 0 spiro atoms. The van der Waals surface area contributed by atoms with Crippen LogP contribution in [-0.4, -0.2) is 52.9 Å². The zero-order valence-corrected chi connectivity index (χ0v) is 25.6. The number of methoxy groups -OCH3 is 1. The number of fused-ring (bicyclic) bond motifs is 5. The van der Waals surface area contributed by atoms with E-state index in [0.29, 0.717) is 29.7 Å². The van der Waals surface area contributed by atoms with E-state index in [0.717, 1.165) is 57.1 Å². The summed E-state index contributed by atoms with van der Waals surface area (Å²) in [4.78, 5) is 60.6. The van der Waals surface area contributed by atoms with Crippen molar-refractivity contribution in [3.05, 3.63) is 45.5 Å². The Morgan fingerprint density at radius 1 is 1.09 bits per heavy atom. The number of nitrogens with one attached hydrogen (secondary N) is 1. The maximum atomic E-state index is 13.0. The maximum absolute atomic E-state index is 13.0. The van der Waals surface area contributed by atoms with Crippen molar-refractivity contribution in [3.63, 3.8) is 0 Å². The van der Waals surface area contributed by atoms with E-state index in [-0.39, 0.29) is 42.0 Å². The van der Waals surface area contributed by atoms with Crippen LogP contribution in [0.3, 0.4) is 0 Å². The fraction of sp³-hybridized carbons (Fsp3) is 0.636. The molecule has 3 saturated carbocycles. The highest BCUT2D eigenvalue weighted by Gasteiger charge is 2.60. The number of aromatic hydroxyl groups is 1. The number of amides is 1. The third-order valence-electron chi connectivity index (χ3n) is 11.2. The van der Waals surface area contributed by atoms with Crippen LogP contribution in [0.5, 0.6) is 5.75 Å². The Morgan fingerprint density at radius 2 is 1.86 bits per heavy atom. The summed E-state index contributed by atoms with van der Waals surface area (Å²) in [6.07, 6.45) is 8.66. The monoisotopic (exact) mass is 610 g/mol. The molecule has 0 unspecified atom stereocenters. The van der Waals surface area contributed by atoms with Crippen LogP contribution in [0.15, 0.2) is 29.8 Å². The minimum Gasteiger partial charge on any atom is -0.502 e. The second kappa shape index (κ2) is 12.3. The molecule has 1 aromatic rings. The van der Waals surface area contributed by atoms with Gasteiger partial charge in [-0.3, -0.25) is 24.5 Å². The van der Waals surface area contributed by atoms with Gasteiger partial charge in [0.2, 0.25) is 5.91 Å². The topological polar surface area (TPSA) is 162 Å². The summed E-state index contributed by atoms with van der Waals surface area (Å²) in [5.41, 5.74) is 1.13. The summed E-state index contributed by atoms with van der Waals surface area (Å²) in [7, 11) is 1.17. The number of carbonyl (C=O) groups is 4. The zero-order valence-electron chi connectivity index (χ0n) is 25.6. The lowest BCUT2D eigenvalue weighted by Gasteiger charge is -2.57. The molecule has 238 valence electrons. The van der Waals surface area contributed by atoms with Crippen molar-refractivity contribution in [2.75, 3.05) is 7.11 Å². The number of allylic oxidation sites excluding steroid dienone is 1. The van der Waals surface area contributed by atoms with Gasteiger partial charge in [0.15, 0.2) is 11.5 Å². The molecule has 4 aliphatic carbocycles. The average molecular weight is 611 g/mol. The van der Waals surface area contributed by atoms with Crippen molar-refractivity contribution >= 4 is 29.3 Å². The van der Waals surface area contributed by atoms with Gasteiger partial charge in [0, 0.05) is 30.7 Å². The van der Waals surface area contributed by atoms with Crippen molar-refractivity contribution in [2.45, 2.75) is 96.6 Å². The van der Waals surface area contributed by atoms with E-state index in [9.17, 15) is 34.4 Å². The Hall–Kier alpha value is -3.76. The number of nitro groups is 1. The van der Waals surface area contributed by atoms with E-state index in [1.165, 1.54) is 18.7 Å². The minimum absolute atomic E-state index is 0.0827. The number of hydrogen-bond acceptors (Lipinski definition) is 9. The molecule has 0 aromatic heterocycles. The number of nitro benzene ring substituents is 1. The predicted molar refractivity (Wildman–Crippen MR) is 158 cm³/mol. The van der Waals surface area contributed by atoms with E-state index in [1.807, 2.05) is 6.08 Å². The van der Waals surface area contributed by atoms with Gasteiger partial charge in [-0.2, -0.15) is 0 Å². The molecule has 0 bridgehead atoms. The van der Waals surface area contributed by atoms with Crippen molar-refractivity contribution in [1.29, 1.82) is 0 Å². The van der Waals surface area contributed by atoms with Gasteiger partial charge in [-0.15, -0.1) is 0 Å². The van der Waals surface area contributed by atoms with Crippen LogP contribution in [0.25, 0.3) is 0 Å². The number of benzene rings is 1. The van der Waals surface area contributed by atoms with Gasteiger partial charge in [-0.25, -0.2) is 4.79 Å². The highest BCUT2D eigenvalue weighted by molar-refractivity contribution is 5.91. The molecule has 11 nitrogen and oxygen atoms in total. The Kier molecular flexibility index (Phi) is 8.87. The van der Waals surface area contributed by atoms with Crippen LogP contribution in [0, 0.1) is 38.7 Å². The third-order valence-corrected chi connectivity index (χ3v) is 11.2. The number of hydrogen-bond donors (Lipinski definition) is 2. The van der Waals surface area contributed by atoms with E-state index in [1.54, 1.807) is 0 Å². The smallest absolute Gasteiger partial charge is 0.328 e. The Balaban J connectivity index is 1.16. The summed E-state index contributed by atoms with van der Waals surface area (Å²) >= 11 is 0. The largest absolute Gasteiger partial charge is 0.502 e. The Labute approximate surface area is 256 Å². The first-order valence-electron chi connectivity index (χ1n) is 15.6. The normalized spacial score (nSPS) is 31.4. The predicted octanol–water partition coefficient (Wildman–Crippen LogP) is 4.72. The van der Waals surface area contributed by atoms with Gasteiger partial charge in [0.05, 0.1) is 18.5 Å². The number of phenolic OH excluding ortho intramolecular Hbond substituents is 1. The summed E-state index contributed by atoms with van der Waals surface area (Å²) in [5, 5.41) is 23.4. The summed E-state index contributed by atoms with van der Waals surface area (Å²) in [6.45, 7) is 4.60. The molecule has 1 amide bonds. The first-order chi connectivity index (χ1) is 20.9. The van der Waals surface area contributed by atoms with Crippen LogP contribution >= 0.6 is 0 Å². The van der Waals surface area contributed by atoms with Crippen molar-refractivity contribution in [2.24, 2.45) is 28.6 Å². The fourth-order valence-corrected chi connectivity index (χ4v) is 8.82. The lowest BCUT2D eigenvalue weighted by atomic mass is 9.47. The van der Waals surface area contributed by atoms with Crippen LogP contribution in [0.2, 0.25) is 0 Å². The van der Waals surface area contributed by atoms with Crippen LogP contribution < -0.4 is 5.32 Å². The van der Waals surface area contributed by atoms with Crippen molar-refractivity contribution in [1.82, 2.24) is 5.32 Å². The van der Waals surface area contributed by atoms with E-state index in [2.05, 4.69) is 19.2 Å². The van der Waals surface area contributed by atoms with Gasteiger partial charge in [0.25, 0.3) is 0 Å². The Morgan fingerprint density at radius 3 is 2.59 bits per heavy atom. The first kappa shape index (κ1) is 31.7. The van der Waals surface area contributed by atoms with Crippen molar-refractivity contribution < 1.29 is 38.7 Å². The molecule has 0 heterocycles. The van der Waals surface area contributed by atoms with Crippen LogP contribution in [0.1, 0.15) is 83.6 Å². The number of phenols is 1. The molecule has 1 aromatic carbocycles. The van der Waals surface area contributed by atoms with Crippen LogP contribution in [-0.2, 0) is 35.1 Å². The average Bonchev–Trinajstić information content (AvgIpc) is 3.32. The molecular weight excluding hydrogens is 568 g/mol. The highest BCUT2D eigenvalue weighted by atomic mass is 16.6. The lowest BCUT2D eigenvalue weighted by molar-refractivity contribution is -0.385. The third kappa shape index (κ3) is 5.97. The molecule has 0 saturated heterocycles. The van der Waals surface area contributed by atoms with Crippen molar-refractivity contribution in [3.8, 4) is 5.75 Å². The summed E-state index contributed by atoms with van der Waals surface area (Å²) < 4.78 is 10.8. The molecule has 44 heavy (non-hydrogen) atoms. The number of rotatable bonds is 9. The summed E-state index contributed by atoms with van der Waals surface area (Å²) in [5.74, 6) is -0.455. The molecule has 5 rings (SSSR count). The maximum Gasteiger partial charge on any atom is 0.328 e. The number of carbonyl (C=O) groups excluding carboxylic acids is 4. The van der Waals surface area contributed by atoms with Gasteiger partial charge in [-0.1, -0.05) is 25.5 Å². The molecule has 11 heteroatoms. The number of ether oxygens (including phenoxy) is 2. The second-order valence-corrected chi connectivity index (χ2v) is 13.5. The number of ketones is 1. The van der Waals surface area contributed by atoms with Gasteiger partial charge >= 0.3 is 17.6 Å². The molecule has 2 N–H and O–H groups in total. The van der Waals surface area contributed by atoms with E-state index in [4.69, 9.17) is 9.47 Å². The fourth-order valence-electron chi connectivity index (χ4n) is 8.82. The first-order valence-corrected chi connectivity index (χ1v) is 15.6. The Bertz CT molecular complexity index is 1390. The molecule has 0 aliphatic heterocycles. The van der Waals surface area contributed by atoms with E-state index >= 15 is 0 Å². The molecule has 4 aliphatic rings. The summed E-state index contributed by atoms with van der Waals surface area (Å²) in [6, 6.07) is 2.58. The second-order valence-electron chi connectivity index (χ2n) is 13.5. The number of esters is 2. The quantitative estimate of drug-likeness (QED) is 0.229. The molecule has 7 atom stereocenters. The van der Waals surface area contributed by atoms with Gasteiger partial charge in [-0.05, 0) is 85.8 Å². The minimum atomic E-state index is -1.13. The number of nitrogens with zero attached hydrogens (tertiary/aromatic N) is 1. The highest BCUT2D eigenvalue weighted by Crippen LogP contribution is 2.65. The van der Waals surface area contributed by atoms with E-state index < -0.39 is 40.2 Å². The van der Waals surface area contributed by atoms with Gasteiger partial charge < -0.3 is 19.9 Å². The molecule has 0 radical (unpaired) electrons. The zero-order chi connectivity index (χ0) is 31.8. The molecule has 3 fully saturated rings. The standard InChI is InChI=1S/C33H42N2O9/c1-32-14-12-21(36)18-20(32)5-6-22-23-7-9-28(33(23,2)15-13-24(22)32)44-30(39)11-10-29(38)34-25(31(40)43-3)16-19-4-8-27(37)26(17-19)35(41)42/h4,8,17-18,22-25,28,37H,5-7,9-16H2,1-3H3,(H,34,38)/t22-,23+,24-,25-,28+,32-,33-/m0/s1.